The van der Waals surface area contributed by atoms with Crippen LogP contribution in [0.1, 0.15) is 31.4 Å². The van der Waals surface area contributed by atoms with Crippen LogP contribution in [0.3, 0.4) is 0 Å². The lowest BCUT2D eigenvalue weighted by atomic mass is 10.1. The molecule has 1 N–H and O–H groups in total. The van der Waals surface area contributed by atoms with Gasteiger partial charge in [0.1, 0.15) is 31.6 Å². The number of aryl methyl sites for hydroxylation is 1. The highest BCUT2D eigenvalue weighted by atomic mass is 32.2. The second-order valence-electron chi connectivity index (χ2n) is 9.56. The Morgan fingerprint density at radius 3 is 2.32 bits per heavy atom. The number of carbonyl (C=O) groups is 2. The fourth-order valence-corrected chi connectivity index (χ4v) is 6.06. The maximum atomic E-state index is 14.1. The number of likely N-dealkylation sites (N-methyl/N-ethyl adjacent to an activating group) is 1. The van der Waals surface area contributed by atoms with E-state index in [-0.39, 0.29) is 35.4 Å². The molecule has 0 saturated carbocycles. The van der Waals surface area contributed by atoms with Crippen molar-refractivity contribution in [2.75, 3.05) is 30.6 Å². The van der Waals surface area contributed by atoms with E-state index in [1.165, 1.54) is 35.2 Å². The van der Waals surface area contributed by atoms with Crippen molar-refractivity contribution >= 4 is 27.5 Å². The number of nitrogens with one attached hydrogen (secondary N) is 1. The molecule has 0 saturated heterocycles. The average molecular weight is 584 g/mol. The van der Waals surface area contributed by atoms with Gasteiger partial charge in [-0.05, 0) is 67.8 Å². The standard InChI is InChI=1S/C30H34FN3O6S/c1-4-26(30(36)32-5-2)33(19-22-9-7-6-8-21(22)3)29(35)20-34(24-12-10-23(31)11-13-24)41(37,38)25-14-15-27-28(18-25)40-17-16-39-27/h6-15,18,26H,4-5,16-17,19-20H2,1-3H3,(H,32,36)/t26-/m0/s1. The summed E-state index contributed by atoms with van der Waals surface area (Å²) < 4.78 is 53.9. The van der Waals surface area contributed by atoms with Gasteiger partial charge in [0.05, 0.1) is 10.6 Å². The number of ether oxygens (including phenoxy) is 2. The van der Waals surface area contributed by atoms with E-state index >= 15 is 0 Å². The Hall–Kier alpha value is -4.12. The van der Waals surface area contributed by atoms with Crippen LogP contribution < -0.4 is 19.1 Å². The third-order valence-corrected chi connectivity index (χ3v) is 8.60. The SMILES string of the molecule is CCNC(=O)[C@H](CC)N(Cc1ccccc1C)C(=O)CN(c1ccc(F)cc1)S(=O)(=O)c1ccc2c(c1)OCCO2. The lowest BCUT2D eigenvalue weighted by Crippen LogP contribution is -2.52. The largest absolute Gasteiger partial charge is 0.486 e. The van der Waals surface area contributed by atoms with E-state index < -0.39 is 34.3 Å². The van der Waals surface area contributed by atoms with Crippen molar-refractivity contribution in [2.24, 2.45) is 0 Å². The summed E-state index contributed by atoms with van der Waals surface area (Å²) >= 11 is 0. The summed E-state index contributed by atoms with van der Waals surface area (Å²) in [5.74, 6) is -0.792. The molecule has 1 heterocycles. The number of hydrogen-bond acceptors (Lipinski definition) is 6. The zero-order valence-corrected chi connectivity index (χ0v) is 24.1. The number of nitrogens with zero attached hydrogens (tertiary/aromatic N) is 2. The van der Waals surface area contributed by atoms with Crippen molar-refractivity contribution in [1.29, 1.82) is 0 Å². The number of halogens is 1. The van der Waals surface area contributed by atoms with Gasteiger partial charge >= 0.3 is 0 Å². The van der Waals surface area contributed by atoms with E-state index in [9.17, 15) is 22.4 Å². The van der Waals surface area contributed by atoms with E-state index in [4.69, 9.17) is 9.47 Å². The Labute approximate surface area is 239 Å². The minimum absolute atomic E-state index is 0.0940. The third kappa shape index (κ3) is 6.79. The number of hydrogen-bond donors (Lipinski definition) is 1. The van der Waals surface area contributed by atoms with E-state index in [1.54, 1.807) is 13.8 Å². The first-order valence-corrected chi connectivity index (χ1v) is 14.9. The molecule has 2 amide bonds. The van der Waals surface area contributed by atoms with Crippen LogP contribution in [0.15, 0.2) is 71.6 Å². The van der Waals surface area contributed by atoms with Crippen LogP contribution in [0.2, 0.25) is 0 Å². The van der Waals surface area contributed by atoms with Gasteiger partial charge in [0.15, 0.2) is 11.5 Å². The van der Waals surface area contributed by atoms with Crippen LogP contribution in [-0.4, -0.2) is 57.5 Å². The molecule has 3 aromatic rings. The van der Waals surface area contributed by atoms with Crippen LogP contribution in [-0.2, 0) is 26.2 Å². The van der Waals surface area contributed by atoms with Gasteiger partial charge in [0, 0.05) is 19.2 Å². The van der Waals surface area contributed by atoms with E-state index in [0.717, 1.165) is 27.6 Å². The minimum Gasteiger partial charge on any atom is -0.486 e. The topological polar surface area (TPSA) is 105 Å². The van der Waals surface area contributed by atoms with Crippen LogP contribution in [0.5, 0.6) is 11.5 Å². The first kappa shape index (κ1) is 29.9. The number of sulfonamides is 1. The number of amides is 2. The van der Waals surface area contributed by atoms with Crippen LogP contribution in [0.4, 0.5) is 10.1 Å². The number of carbonyl (C=O) groups excluding carboxylic acids is 2. The monoisotopic (exact) mass is 583 g/mol. The van der Waals surface area contributed by atoms with Gasteiger partial charge in [-0.1, -0.05) is 31.2 Å². The zero-order valence-electron chi connectivity index (χ0n) is 23.3. The first-order valence-electron chi connectivity index (χ1n) is 13.4. The van der Waals surface area contributed by atoms with Crippen molar-refractivity contribution < 1.29 is 31.9 Å². The van der Waals surface area contributed by atoms with Crippen molar-refractivity contribution in [3.8, 4) is 11.5 Å². The Morgan fingerprint density at radius 1 is 0.976 bits per heavy atom. The Bertz CT molecular complexity index is 1500. The van der Waals surface area contributed by atoms with Gasteiger partial charge in [0.25, 0.3) is 10.0 Å². The summed E-state index contributed by atoms with van der Waals surface area (Å²) in [5.41, 5.74) is 1.85. The molecule has 4 rings (SSSR count). The number of benzene rings is 3. The molecule has 1 atom stereocenters. The quantitative estimate of drug-likeness (QED) is 0.365. The van der Waals surface area contributed by atoms with Crippen molar-refractivity contribution in [3.63, 3.8) is 0 Å². The highest BCUT2D eigenvalue weighted by molar-refractivity contribution is 7.92. The van der Waals surface area contributed by atoms with E-state index in [2.05, 4.69) is 5.32 Å². The van der Waals surface area contributed by atoms with Gasteiger partial charge in [-0.2, -0.15) is 0 Å². The minimum atomic E-state index is -4.35. The van der Waals surface area contributed by atoms with Gasteiger partial charge in [-0.15, -0.1) is 0 Å². The van der Waals surface area contributed by atoms with E-state index in [1.807, 2.05) is 31.2 Å². The van der Waals surface area contributed by atoms with Crippen LogP contribution in [0.25, 0.3) is 0 Å². The predicted molar refractivity (Wildman–Crippen MR) is 153 cm³/mol. The highest BCUT2D eigenvalue weighted by Gasteiger charge is 2.34. The Balaban J connectivity index is 1.75. The fraction of sp³-hybridized carbons (Fsp3) is 0.333. The van der Waals surface area contributed by atoms with Crippen LogP contribution in [0, 0.1) is 12.7 Å². The lowest BCUT2D eigenvalue weighted by molar-refractivity contribution is -0.140. The third-order valence-electron chi connectivity index (χ3n) is 6.83. The van der Waals surface area contributed by atoms with E-state index in [0.29, 0.717) is 25.3 Å². The molecule has 9 nitrogen and oxygen atoms in total. The Kier molecular flexibility index (Phi) is 9.49. The van der Waals surface area contributed by atoms with Crippen molar-refractivity contribution in [1.82, 2.24) is 10.2 Å². The second-order valence-corrected chi connectivity index (χ2v) is 11.4. The smallest absolute Gasteiger partial charge is 0.264 e. The molecule has 1 aliphatic heterocycles. The second kappa shape index (κ2) is 13.0. The molecule has 11 heteroatoms. The van der Waals surface area contributed by atoms with Crippen molar-refractivity contribution in [2.45, 2.75) is 44.7 Å². The first-order chi connectivity index (χ1) is 19.6. The molecule has 0 fully saturated rings. The maximum absolute atomic E-state index is 14.1. The lowest BCUT2D eigenvalue weighted by Gasteiger charge is -2.33. The zero-order chi connectivity index (χ0) is 29.6. The van der Waals surface area contributed by atoms with Crippen molar-refractivity contribution in [3.05, 3.63) is 83.7 Å². The van der Waals surface area contributed by atoms with Gasteiger partial charge in [-0.25, -0.2) is 12.8 Å². The molecule has 41 heavy (non-hydrogen) atoms. The summed E-state index contributed by atoms with van der Waals surface area (Å²) in [7, 11) is -4.35. The fourth-order valence-electron chi connectivity index (χ4n) is 4.63. The molecule has 0 unspecified atom stereocenters. The summed E-state index contributed by atoms with van der Waals surface area (Å²) in [6.07, 6.45) is 0.314. The average Bonchev–Trinajstić information content (AvgIpc) is 2.97. The van der Waals surface area contributed by atoms with Gasteiger partial charge < -0.3 is 19.7 Å². The molecule has 218 valence electrons. The molecule has 0 spiro atoms. The Morgan fingerprint density at radius 2 is 1.66 bits per heavy atom. The number of fused-ring (bicyclic) bond motifs is 1. The predicted octanol–water partition coefficient (Wildman–Crippen LogP) is 4.04. The molecule has 0 bridgehead atoms. The molecular formula is C30H34FN3O6S. The number of anilines is 1. The summed E-state index contributed by atoms with van der Waals surface area (Å²) in [6, 6.07) is 15.7. The molecule has 0 aromatic heterocycles. The van der Waals surface area contributed by atoms with Gasteiger partial charge in [0.2, 0.25) is 11.8 Å². The maximum Gasteiger partial charge on any atom is 0.264 e. The molecule has 3 aromatic carbocycles. The number of rotatable bonds is 11. The van der Waals surface area contributed by atoms with Gasteiger partial charge in [-0.3, -0.25) is 13.9 Å². The normalized spacial score (nSPS) is 13.3. The molecule has 0 aliphatic carbocycles. The molecule has 0 radical (unpaired) electrons. The molecular weight excluding hydrogens is 549 g/mol. The van der Waals surface area contributed by atoms with Crippen LogP contribution >= 0.6 is 0 Å². The summed E-state index contributed by atoms with van der Waals surface area (Å²) in [6.45, 7) is 5.95. The summed E-state index contributed by atoms with van der Waals surface area (Å²) in [5, 5.41) is 2.78. The highest BCUT2D eigenvalue weighted by Crippen LogP contribution is 2.34. The molecule has 1 aliphatic rings. The summed E-state index contributed by atoms with van der Waals surface area (Å²) in [4.78, 5) is 28.4.